The SMILES string of the molecule is COc1cc(CO)ccc1OCc1nc(/C=C/C(=O)O)oc1C. The summed E-state index contributed by atoms with van der Waals surface area (Å²) < 4.78 is 16.2. The molecule has 0 bridgehead atoms. The molecule has 1 heterocycles. The number of aliphatic carboxylic acids is 1. The molecule has 0 saturated heterocycles. The number of hydrogen-bond donors (Lipinski definition) is 2. The molecule has 2 aromatic rings. The Bertz CT molecular complexity index is 719. The molecule has 7 nitrogen and oxygen atoms in total. The maximum Gasteiger partial charge on any atom is 0.328 e. The van der Waals surface area contributed by atoms with Crippen LogP contribution in [-0.4, -0.2) is 28.3 Å². The number of aliphatic hydroxyl groups is 1. The molecule has 1 aromatic heterocycles. The van der Waals surface area contributed by atoms with Gasteiger partial charge in [0, 0.05) is 12.2 Å². The third-order valence-corrected chi connectivity index (χ3v) is 3.05. The number of ether oxygens (including phenoxy) is 2. The zero-order valence-electron chi connectivity index (χ0n) is 12.8. The summed E-state index contributed by atoms with van der Waals surface area (Å²) in [5.41, 5.74) is 1.27. The van der Waals surface area contributed by atoms with Crippen LogP contribution in [0.2, 0.25) is 0 Å². The van der Waals surface area contributed by atoms with Crippen LogP contribution in [0.25, 0.3) is 6.08 Å². The number of aromatic nitrogens is 1. The minimum absolute atomic E-state index is 0.0850. The lowest BCUT2D eigenvalue weighted by molar-refractivity contribution is -0.131. The Morgan fingerprint density at radius 2 is 2.17 bits per heavy atom. The average molecular weight is 319 g/mol. The molecule has 2 rings (SSSR count). The molecule has 0 atom stereocenters. The monoisotopic (exact) mass is 319 g/mol. The lowest BCUT2D eigenvalue weighted by atomic mass is 10.2. The Morgan fingerprint density at radius 3 is 2.83 bits per heavy atom. The molecule has 0 spiro atoms. The van der Waals surface area contributed by atoms with Crippen LogP contribution >= 0.6 is 0 Å². The summed E-state index contributed by atoms with van der Waals surface area (Å²) in [7, 11) is 1.51. The standard InChI is InChI=1S/C16H17NO6/c1-10-12(17-15(23-10)5-6-16(19)20)9-22-13-4-3-11(8-18)7-14(13)21-2/h3-7,18H,8-9H2,1-2H3,(H,19,20)/b6-5+. The van der Waals surface area contributed by atoms with Crippen LogP contribution in [-0.2, 0) is 18.0 Å². The van der Waals surface area contributed by atoms with Gasteiger partial charge in [-0.3, -0.25) is 0 Å². The van der Waals surface area contributed by atoms with E-state index in [4.69, 9.17) is 24.1 Å². The van der Waals surface area contributed by atoms with Gasteiger partial charge in [0.15, 0.2) is 11.5 Å². The topological polar surface area (TPSA) is 102 Å². The van der Waals surface area contributed by atoms with Crippen molar-refractivity contribution in [3.63, 3.8) is 0 Å². The smallest absolute Gasteiger partial charge is 0.328 e. The Labute approximate surface area is 132 Å². The van der Waals surface area contributed by atoms with Crippen molar-refractivity contribution in [3.05, 3.63) is 47.2 Å². The number of aliphatic hydroxyl groups excluding tert-OH is 1. The van der Waals surface area contributed by atoms with E-state index in [0.717, 1.165) is 6.08 Å². The van der Waals surface area contributed by atoms with Gasteiger partial charge >= 0.3 is 5.97 Å². The Hall–Kier alpha value is -2.80. The van der Waals surface area contributed by atoms with Gasteiger partial charge in [0.1, 0.15) is 18.1 Å². The predicted molar refractivity (Wildman–Crippen MR) is 81.2 cm³/mol. The number of rotatable bonds is 7. The maximum atomic E-state index is 10.5. The summed E-state index contributed by atoms with van der Waals surface area (Å²) in [4.78, 5) is 14.6. The minimum Gasteiger partial charge on any atom is -0.493 e. The molecule has 0 amide bonds. The number of oxazole rings is 1. The van der Waals surface area contributed by atoms with Crippen molar-refractivity contribution < 1.29 is 28.9 Å². The molecule has 122 valence electrons. The Kier molecular flexibility index (Phi) is 5.37. The van der Waals surface area contributed by atoms with Crippen LogP contribution in [0.5, 0.6) is 11.5 Å². The first kappa shape index (κ1) is 16.6. The molecule has 0 unspecified atom stereocenters. The lowest BCUT2D eigenvalue weighted by Crippen LogP contribution is -2.00. The highest BCUT2D eigenvalue weighted by Gasteiger charge is 2.11. The third-order valence-electron chi connectivity index (χ3n) is 3.05. The summed E-state index contributed by atoms with van der Waals surface area (Å²) in [5, 5.41) is 17.7. The molecule has 2 N–H and O–H groups in total. The van der Waals surface area contributed by atoms with Crippen LogP contribution in [0.4, 0.5) is 0 Å². The van der Waals surface area contributed by atoms with E-state index in [-0.39, 0.29) is 19.1 Å². The summed E-state index contributed by atoms with van der Waals surface area (Å²) >= 11 is 0. The molecule has 0 radical (unpaired) electrons. The van der Waals surface area contributed by atoms with Crippen molar-refractivity contribution >= 4 is 12.0 Å². The number of methoxy groups -OCH3 is 1. The van der Waals surface area contributed by atoms with E-state index in [0.29, 0.717) is 28.5 Å². The Morgan fingerprint density at radius 1 is 1.39 bits per heavy atom. The van der Waals surface area contributed by atoms with Crippen LogP contribution < -0.4 is 9.47 Å². The van der Waals surface area contributed by atoms with E-state index in [1.807, 2.05) is 0 Å². The molecule has 7 heteroatoms. The van der Waals surface area contributed by atoms with Crippen LogP contribution in [0.1, 0.15) is 22.9 Å². The first-order valence-electron chi connectivity index (χ1n) is 6.81. The molecule has 0 saturated carbocycles. The summed E-state index contributed by atoms with van der Waals surface area (Å²) in [6, 6.07) is 5.12. The van der Waals surface area contributed by atoms with Gasteiger partial charge in [-0.05, 0) is 24.6 Å². The summed E-state index contributed by atoms with van der Waals surface area (Å²) in [6.45, 7) is 1.78. The van der Waals surface area contributed by atoms with Gasteiger partial charge in [-0.15, -0.1) is 0 Å². The molecule has 0 aliphatic rings. The van der Waals surface area contributed by atoms with E-state index in [1.54, 1.807) is 25.1 Å². The van der Waals surface area contributed by atoms with E-state index in [2.05, 4.69) is 4.98 Å². The second kappa shape index (κ2) is 7.46. The van der Waals surface area contributed by atoms with Gasteiger partial charge < -0.3 is 24.1 Å². The van der Waals surface area contributed by atoms with Crippen molar-refractivity contribution in [1.29, 1.82) is 0 Å². The van der Waals surface area contributed by atoms with Crippen molar-refractivity contribution in [2.45, 2.75) is 20.1 Å². The normalized spacial score (nSPS) is 10.9. The number of benzene rings is 1. The first-order chi connectivity index (χ1) is 11.0. The second-order valence-corrected chi connectivity index (χ2v) is 4.66. The second-order valence-electron chi connectivity index (χ2n) is 4.66. The molecule has 0 aliphatic heterocycles. The van der Waals surface area contributed by atoms with E-state index in [1.165, 1.54) is 13.2 Å². The molecular formula is C16H17NO6. The number of aryl methyl sites for hydroxylation is 1. The van der Waals surface area contributed by atoms with Gasteiger partial charge in [-0.25, -0.2) is 9.78 Å². The molecule has 23 heavy (non-hydrogen) atoms. The van der Waals surface area contributed by atoms with Crippen molar-refractivity contribution in [3.8, 4) is 11.5 Å². The number of carboxylic acids is 1. The predicted octanol–water partition coefficient (Wildman–Crippen LogP) is 2.16. The van der Waals surface area contributed by atoms with E-state index >= 15 is 0 Å². The zero-order valence-corrected chi connectivity index (χ0v) is 12.8. The minimum atomic E-state index is -1.08. The van der Waals surface area contributed by atoms with Gasteiger partial charge in [-0.2, -0.15) is 0 Å². The molecule has 1 aromatic carbocycles. The van der Waals surface area contributed by atoms with Gasteiger partial charge in [0.05, 0.1) is 13.7 Å². The Balaban J connectivity index is 2.10. The maximum absolute atomic E-state index is 10.5. The fourth-order valence-corrected chi connectivity index (χ4v) is 1.87. The van der Waals surface area contributed by atoms with Crippen molar-refractivity contribution in [1.82, 2.24) is 4.98 Å². The zero-order chi connectivity index (χ0) is 16.8. The number of carbonyl (C=O) groups is 1. The lowest BCUT2D eigenvalue weighted by Gasteiger charge is -2.10. The number of hydrogen-bond acceptors (Lipinski definition) is 6. The van der Waals surface area contributed by atoms with Gasteiger partial charge in [0.2, 0.25) is 5.89 Å². The van der Waals surface area contributed by atoms with Crippen LogP contribution in [0.3, 0.4) is 0 Å². The average Bonchev–Trinajstić information content (AvgIpc) is 2.90. The molecular weight excluding hydrogens is 302 g/mol. The van der Waals surface area contributed by atoms with Crippen LogP contribution in [0, 0.1) is 6.92 Å². The molecule has 0 fully saturated rings. The fraction of sp³-hybridized carbons (Fsp3) is 0.250. The molecule has 0 aliphatic carbocycles. The summed E-state index contributed by atoms with van der Waals surface area (Å²) in [5.74, 6) is 0.679. The number of carboxylic acid groups (broad SMARTS) is 1. The van der Waals surface area contributed by atoms with Crippen molar-refractivity contribution in [2.24, 2.45) is 0 Å². The fourth-order valence-electron chi connectivity index (χ4n) is 1.87. The van der Waals surface area contributed by atoms with Gasteiger partial charge in [0.25, 0.3) is 0 Å². The highest BCUT2D eigenvalue weighted by molar-refractivity contribution is 5.84. The van der Waals surface area contributed by atoms with E-state index < -0.39 is 5.97 Å². The quantitative estimate of drug-likeness (QED) is 0.754. The number of nitrogens with zero attached hydrogens (tertiary/aromatic N) is 1. The van der Waals surface area contributed by atoms with E-state index in [9.17, 15) is 4.79 Å². The largest absolute Gasteiger partial charge is 0.493 e. The summed E-state index contributed by atoms with van der Waals surface area (Å²) in [6.07, 6.45) is 2.22. The van der Waals surface area contributed by atoms with Crippen molar-refractivity contribution in [2.75, 3.05) is 7.11 Å². The highest BCUT2D eigenvalue weighted by Crippen LogP contribution is 2.29. The van der Waals surface area contributed by atoms with Gasteiger partial charge in [-0.1, -0.05) is 6.07 Å². The third kappa shape index (κ3) is 4.33. The highest BCUT2D eigenvalue weighted by atomic mass is 16.5. The van der Waals surface area contributed by atoms with Crippen LogP contribution in [0.15, 0.2) is 28.7 Å². The first-order valence-corrected chi connectivity index (χ1v) is 6.81.